The van der Waals surface area contributed by atoms with Crippen molar-refractivity contribution in [2.24, 2.45) is 0 Å². The summed E-state index contributed by atoms with van der Waals surface area (Å²) in [6, 6.07) is 0. The van der Waals surface area contributed by atoms with Crippen LogP contribution in [0.2, 0.25) is 0 Å². The zero-order chi connectivity index (χ0) is 63.4. The number of hydrogen-bond donors (Lipinski definition) is 0. The minimum absolute atomic E-state index is 0. The molecular weight excluding hydrogens is 1150 g/mol. The highest BCUT2D eigenvalue weighted by Crippen LogP contribution is 1.99. The lowest BCUT2D eigenvalue weighted by atomic mass is 10.3. The van der Waals surface area contributed by atoms with E-state index in [-0.39, 0.29) is 29.7 Å². The third kappa shape index (κ3) is 50.5. The van der Waals surface area contributed by atoms with E-state index in [9.17, 15) is 0 Å². The summed E-state index contributed by atoms with van der Waals surface area (Å²) in [5.41, 5.74) is 9.00. The van der Waals surface area contributed by atoms with Crippen molar-refractivity contribution >= 4 is 12.4 Å². The van der Waals surface area contributed by atoms with E-state index in [1.54, 1.807) is 55.3 Å². The first-order valence-electron chi connectivity index (χ1n) is 29.6. The molecule has 0 aromatic carbocycles. The highest BCUT2D eigenvalue weighted by Gasteiger charge is 2.02. The van der Waals surface area contributed by atoms with Crippen molar-refractivity contribution in [1.82, 2.24) is 90.0 Å². The Balaban J connectivity index is -0.000000322. The fourth-order valence-electron chi connectivity index (χ4n) is 5.88. The summed E-state index contributed by atoms with van der Waals surface area (Å²) in [4.78, 5) is 9.48. The summed E-state index contributed by atoms with van der Waals surface area (Å²) in [5, 5.41) is 47.3. The molecule has 6 aromatic heterocycles. The highest BCUT2D eigenvalue weighted by molar-refractivity contribution is 5.18. The fraction of sp³-hybridized carbons (Fsp3) is 0.635. The number of ether oxygens (including phenoxy) is 7. The Morgan fingerprint density at radius 2 is 0.767 bits per heavy atom. The van der Waals surface area contributed by atoms with E-state index in [1.807, 2.05) is 95.6 Å². The van der Waals surface area contributed by atoms with Gasteiger partial charge in [-0.1, -0.05) is 129 Å². The molecule has 0 saturated heterocycles. The standard InChI is InChI=1S/C13H25N3O4.C11H19N3O3.C11H19N3O2.C8H15N3.C8H11N3.C6H9N3.C2H4.4CH4/c1-3-13-12-16(15-14-13)4-5-18-8-9-20-11-10-19-7-6-17-2;1-3-6-16-17-9-8-15-7-5-14-10-11(4-2)12-13-14;1-3-6-15-8-9-16-7-5-14-10-11(4-2)12-13-14;2*1-3-5-6-11-7-8(4-2)9-10-11;1-3-6-5-9(4-2)8-7-6;1-2;;;;/h12H,3-11H2,1-2H3;3,6,10H,4-5,7-9H2,1-2H3;3,6,10H,4-5,7-9H2,1-2H3;7H,3-6H2,1-2H3;3,6-7H,4H2,1-2H3;4-5H,2-3H2,1H3;1-2H2;4*1H4/b;6-3-;6-3+;;;;;;;;. The normalized spacial score (nSPS) is 9.90. The van der Waals surface area contributed by atoms with Gasteiger partial charge in [0.1, 0.15) is 19.5 Å². The summed E-state index contributed by atoms with van der Waals surface area (Å²) in [6.07, 6.45) is 31.4. The van der Waals surface area contributed by atoms with Gasteiger partial charge in [0, 0.05) is 44.6 Å². The largest absolute Gasteiger partial charge is 0.499 e. The maximum absolute atomic E-state index is 5.45. The smallest absolute Gasteiger partial charge is 0.125 e. The molecule has 0 spiro atoms. The third-order valence-corrected chi connectivity index (χ3v) is 10.7. The average Bonchev–Trinajstić information content (AvgIpc) is 4.63. The van der Waals surface area contributed by atoms with Crippen molar-refractivity contribution < 1.29 is 42.9 Å². The molecule has 0 aliphatic heterocycles. The third-order valence-electron chi connectivity index (χ3n) is 10.7. The molecule has 27 heteroatoms. The second-order valence-electron chi connectivity index (χ2n) is 17.3. The molecule has 0 amide bonds. The molecule has 6 rings (SSSR count). The van der Waals surface area contributed by atoms with Crippen LogP contribution in [0, 0.1) is 0 Å². The molecule has 0 unspecified atom stereocenters. The number of allylic oxidation sites excluding steroid dienone is 3. The van der Waals surface area contributed by atoms with Gasteiger partial charge in [-0.25, -0.2) is 23.4 Å². The molecule has 0 N–H and O–H groups in total. The molecule has 0 bridgehead atoms. The van der Waals surface area contributed by atoms with E-state index in [2.05, 4.69) is 120 Å². The first-order valence-corrected chi connectivity index (χ1v) is 29.6. The van der Waals surface area contributed by atoms with Gasteiger partial charge in [0.15, 0.2) is 0 Å². The molecule has 514 valence electrons. The Hall–Kier alpha value is -7.36. The molecule has 0 radical (unpaired) electrons. The van der Waals surface area contributed by atoms with E-state index in [0.717, 1.165) is 85.8 Å². The van der Waals surface area contributed by atoms with E-state index >= 15 is 0 Å². The summed E-state index contributed by atoms with van der Waals surface area (Å²) >= 11 is 0. The van der Waals surface area contributed by atoms with Crippen molar-refractivity contribution in [3.8, 4) is 0 Å². The van der Waals surface area contributed by atoms with E-state index in [0.29, 0.717) is 99.0 Å². The van der Waals surface area contributed by atoms with Crippen LogP contribution in [0.1, 0.15) is 146 Å². The Labute approximate surface area is 540 Å². The number of rotatable bonds is 38. The number of hydrogen-bond acceptors (Lipinski definition) is 21. The van der Waals surface area contributed by atoms with Gasteiger partial charge in [-0.2, -0.15) is 4.89 Å². The van der Waals surface area contributed by atoms with Crippen LogP contribution in [0.5, 0.6) is 0 Å². The molecule has 0 saturated carbocycles. The number of nitrogens with zero attached hydrogens (tertiary/aromatic N) is 18. The summed E-state index contributed by atoms with van der Waals surface area (Å²) in [6.45, 7) is 40.3. The lowest BCUT2D eigenvalue weighted by molar-refractivity contribution is -0.255. The summed E-state index contributed by atoms with van der Waals surface area (Å²) < 4.78 is 47.3. The lowest BCUT2D eigenvalue weighted by Crippen LogP contribution is -2.13. The Bertz CT molecular complexity index is 2570. The second-order valence-corrected chi connectivity index (χ2v) is 17.3. The molecule has 27 nitrogen and oxygen atoms in total. The minimum Gasteiger partial charge on any atom is -0.499 e. The van der Waals surface area contributed by atoms with Gasteiger partial charge < -0.3 is 38.0 Å². The summed E-state index contributed by atoms with van der Waals surface area (Å²) in [5.74, 6) is 0. The monoisotopic (exact) mass is 1270 g/mol. The Kier molecular flexibility index (Phi) is 68.6. The van der Waals surface area contributed by atoms with Crippen LogP contribution in [0.4, 0.5) is 0 Å². The second kappa shape index (κ2) is 67.6. The van der Waals surface area contributed by atoms with Crippen LogP contribution in [-0.2, 0) is 108 Å². The Morgan fingerprint density at radius 3 is 1.11 bits per heavy atom. The van der Waals surface area contributed by atoms with E-state index in [1.165, 1.54) is 19.1 Å². The average molecular weight is 1270 g/mol. The molecule has 0 aliphatic carbocycles. The van der Waals surface area contributed by atoms with Gasteiger partial charge in [-0.3, -0.25) is 4.68 Å². The van der Waals surface area contributed by atoms with Crippen molar-refractivity contribution in [3.05, 3.63) is 128 Å². The van der Waals surface area contributed by atoms with Crippen LogP contribution >= 0.6 is 0 Å². The molecular formula is C63H118N18O9. The fourth-order valence-corrected chi connectivity index (χ4v) is 5.88. The van der Waals surface area contributed by atoms with Crippen LogP contribution in [0.3, 0.4) is 0 Å². The van der Waals surface area contributed by atoms with Gasteiger partial charge in [-0.15, -0.1) is 49.5 Å². The number of aryl methyl sites for hydroxylation is 7. The molecule has 6 aromatic rings. The predicted molar refractivity (Wildman–Crippen MR) is 359 cm³/mol. The molecule has 0 fully saturated rings. The van der Waals surface area contributed by atoms with Gasteiger partial charge in [0.25, 0.3) is 0 Å². The highest BCUT2D eigenvalue weighted by atomic mass is 17.2. The van der Waals surface area contributed by atoms with Gasteiger partial charge in [-0.05, 0) is 77.9 Å². The predicted octanol–water partition coefficient (Wildman–Crippen LogP) is 10.7. The van der Waals surface area contributed by atoms with Crippen molar-refractivity contribution in [3.63, 3.8) is 0 Å². The lowest BCUT2D eigenvalue weighted by Gasteiger charge is -2.06. The maximum Gasteiger partial charge on any atom is 0.125 e. The SMILES string of the molecule is C.C.C.C.C/C=C/OCCOCCn1cc(CC)nn1.C/C=C\OOCCOCCn1cc(CC)nn1.C=C.C=Cn1cc(CC)nn1.CC=C=Cn1cc(CC)nn1.CCCCn1cc(CC)nn1.CCc1cn(CCOCCOCCOCCOC)nn1. The molecule has 0 aliphatic rings. The first-order chi connectivity index (χ1) is 42.2. The maximum atomic E-state index is 5.45. The van der Waals surface area contributed by atoms with E-state index < -0.39 is 0 Å². The Morgan fingerprint density at radius 1 is 0.422 bits per heavy atom. The van der Waals surface area contributed by atoms with Crippen molar-refractivity contribution in [2.45, 2.75) is 176 Å². The molecule has 90 heavy (non-hydrogen) atoms. The number of methoxy groups -OCH3 is 1. The van der Waals surface area contributed by atoms with Gasteiger partial charge >= 0.3 is 0 Å². The zero-order valence-corrected chi connectivity index (χ0v) is 53.5. The minimum atomic E-state index is 0. The van der Waals surface area contributed by atoms with Crippen molar-refractivity contribution in [1.29, 1.82) is 0 Å². The van der Waals surface area contributed by atoms with Crippen LogP contribution in [-0.4, -0.2) is 183 Å². The zero-order valence-electron chi connectivity index (χ0n) is 53.5. The van der Waals surface area contributed by atoms with E-state index in [4.69, 9.17) is 38.0 Å². The molecule has 0 atom stereocenters. The topological polar surface area (TPSA) is 267 Å². The molecule has 6 heterocycles. The quantitative estimate of drug-likeness (QED) is 0.00870. The van der Waals surface area contributed by atoms with Gasteiger partial charge in [0.2, 0.25) is 0 Å². The number of unbranched alkanes of at least 4 members (excludes halogenated alkanes) is 1. The van der Waals surface area contributed by atoms with Crippen LogP contribution in [0.15, 0.2) is 93.4 Å². The van der Waals surface area contributed by atoms with Crippen molar-refractivity contribution in [2.75, 3.05) is 93.0 Å². The van der Waals surface area contributed by atoms with Crippen LogP contribution < -0.4 is 0 Å². The van der Waals surface area contributed by atoms with Crippen LogP contribution in [0.25, 0.3) is 12.4 Å². The first kappa shape index (κ1) is 91.4. The summed E-state index contributed by atoms with van der Waals surface area (Å²) in [7, 11) is 1.65. The van der Waals surface area contributed by atoms with Gasteiger partial charge in [0.05, 0.1) is 151 Å². The number of aromatic nitrogens is 18.